The van der Waals surface area contributed by atoms with Crippen molar-refractivity contribution >= 4 is 11.8 Å². The molecule has 1 rings (SSSR count). The van der Waals surface area contributed by atoms with E-state index in [1.165, 1.54) is 0 Å². The third-order valence-electron chi connectivity index (χ3n) is 1.32. The second-order valence-electron chi connectivity index (χ2n) is 2.21. The van der Waals surface area contributed by atoms with Gasteiger partial charge in [0.15, 0.2) is 0 Å². The molecular weight excluding hydrogens is 168 g/mol. The lowest BCUT2D eigenvalue weighted by Crippen LogP contribution is -1.73. The quantitative estimate of drug-likeness (QED) is 0.554. The first kappa shape index (κ1) is 9.02. The number of phenols is 1. The van der Waals surface area contributed by atoms with Crippen LogP contribution < -0.4 is 0 Å². The number of rotatable bonds is 2. The summed E-state index contributed by atoms with van der Waals surface area (Å²) in [6, 6.07) is 7.14. The van der Waals surface area contributed by atoms with Crippen molar-refractivity contribution in [2.45, 2.75) is 11.8 Å². The fourth-order valence-corrected chi connectivity index (χ4v) is 1.45. The maximum absolute atomic E-state index is 8.99. The summed E-state index contributed by atoms with van der Waals surface area (Å²) in [7, 11) is 0. The van der Waals surface area contributed by atoms with E-state index >= 15 is 0 Å². The number of benzene rings is 1. The SMILES string of the molecule is CC#CCSc1ccc(O)cc1. The number of phenolic OH excluding ortho intramolecular Hbond substituents is 1. The molecule has 0 fully saturated rings. The average Bonchev–Trinajstić information content (AvgIpc) is 2.09. The second-order valence-corrected chi connectivity index (χ2v) is 3.26. The Morgan fingerprint density at radius 3 is 2.58 bits per heavy atom. The first-order valence-electron chi connectivity index (χ1n) is 3.64. The molecule has 1 nitrogen and oxygen atoms in total. The molecule has 0 spiro atoms. The van der Waals surface area contributed by atoms with Gasteiger partial charge in [0.05, 0.1) is 5.75 Å². The summed E-state index contributed by atoms with van der Waals surface area (Å²) in [5.74, 6) is 6.90. The molecule has 0 saturated heterocycles. The van der Waals surface area contributed by atoms with Crippen molar-refractivity contribution < 1.29 is 5.11 Å². The van der Waals surface area contributed by atoms with Gasteiger partial charge in [0, 0.05) is 4.90 Å². The normalized spacial score (nSPS) is 8.75. The van der Waals surface area contributed by atoms with E-state index in [1.54, 1.807) is 23.9 Å². The molecule has 0 aliphatic heterocycles. The molecule has 2 heteroatoms. The minimum absolute atomic E-state index is 0.306. The van der Waals surface area contributed by atoms with Crippen LogP contribution in [0.15, 0.2) is 29.2 Å². The summed E-state index contributed by atoms with van der Waals surface area (Å²) in [5.41, 5.74) is 0. The van der Waals surface area contributed by atoms with E-state index in [0.29, 0.717) is 5.75 Å². The highest BCUT2D eigenvalue weighted by molar-refractivity contribution is 7.99. The van der Waals surface area contributed by atoms with Crippen LogP contribution in [0.3, 0.4) is 0 Å². The van der Waals surface area contributed by atoms with Crippen LogP contribution in [0.25, 0.3) is 0 Å². The zero-order chi connectivity index (χ0) is 8.81. The lowest BCUT2D eigenvalue weighted by Gasteiger charge is -1.96. The minimum Gasteiger partial charge on any atom is -0.508 e. The monoisotopic (exact) mass is 178 g/mol. The predicted octanol–water partition coefficient (Wildman–Crippen LogP) is 2.51. The van der Waals surface area contributed by atoms with Gasteiger partial charge in [-0.1, -0.05) is 5.92 Å². The fourth-order valence-electron chi connectivity index (χ4n) is 0.734. The first-order chi connectivity index (χ1) is 5.83. The largest absolute Gasteiger partial charge is 0.508 e. The Labute approximate surface area is 76.8 Å². The van der Waals surface area contributed by atoms with Gasteiger partial charge in [0.25, 0.3) is 0 Å². The summed E-state index contributed by atoms with van der Waals surface area (Å²) in [4.78, 5) is 1.13. The van der Waals surface area contributed by atoms with Gasteiger partial charge in [-0.05, 0) is 31.2 Å². The average molecular weight is 178 g/mol. The van der Waals surface area contributed by atoms with Crippen molar-refractivity contribution in [3.05, 3.63) is 24.3 Å². The Bertz CT molecular complexity index is 292. The third kappa shape index (κ3) is 2.89. The standard InChI is InChI=1S/C10H10OS/c1-2-3-8-12-10-6-4-9(11)5-7-10/h4-7,11H,8H2,1H3. The number of aromatic hydroxyl groups is 1. The van der Waals surface area contributed by atoms with E-state index in [-0.39, 0.29) is 0 Å². The zero-order valence-corrected chi connectivity index (χ0v) is 7.69. The molecule has 0 aliphatic carbocycles. The Morgan fingerprint density at radius 1 is 1.33 bits per heavy atom. The predicted molar refractivity (Wildman–Crippen MR) is 52.3 cm³/mol. The molecule has 0 saturated carbocycles. The third-order valence-corrected chi connectivity index (χ3v) is 2.22. The van der Waals surface area contributed by atoms with E-state index in [0.717, 1.165) is 10.6 Å². The smallest absolute Gasteiger partial charge is 0.115 e. The lowest BCUT2D eigenvalue weighted by atomic mass is 10.3. The molecule has 0 atom stereocenters. The van der Waals surface area contributed by atoms with Crippen LogP contribution in [-0.4, -0.2) is 10.9 Å². The summed E-state index contributed by atoms with van der Waals surface area (Å²) >= 11 is 1.67. The van der Waals surface area contributed by atoms with Gasteiger partial charge in [-0.2, -0.15) is 0 Å². The molecule has 12 heavy (non-hydrogen) atoms. The Morgan fingerprint density at radius 2 is 2.00 bits per heavy atom. The van der Waals surface area contributed by atoms with E-state index < -0.39 is 0 Å². The minimum atomic E-state index is 0.306. The molecule has 1 aromatic carbocycles. The van der Waals surface area contributed by atoms with Gasteiger partial charge < -0.3 is 5.11 Å². The molecule has 0 unspecified atom stereocenters. The Kier molecular flexibility index (Phi) is 3.56. The molecular formula is C10H10OS. The van der Waals surface area contributed by atoms with Crippen LogP contribution in [0.4, 0.5) is 0 Å². The topological polar surface area (TPSA) is 20.2 Å². The van der Waals surface area contributed by atoms with Crippen LogP contribution in [0.2, 0.25) is 0 Å². The Balaban J connectivity index is 2.51. The van der Waals surface area contributed by atoms with Gasteiger partial charge in [-0.15, -0.1) is 17.7 Å². The summed E-state index contributed by atoms with van der Waals surface area (Å²) in [6.45, 7) is 1.83. The van der Waals surface area contributed by atoms with Gasteiger partial charge in [0.2, 0.25) is 0 Å². The van der Waals surface area contributed by atoms with Crippen LogP contribution in [0.1, 0.15) is 6.92 Å². The molecule has 1 aromatic rings. The lowest BCUT2D eigenvalue weighted by molar-refractivity contribution is 0.475. The summed E-state index contributed by atoms with van der Waals surface area (Å²) < 4.78 is 0. The maximum atomic E-state index is 8.99. The van der Waals surface area contributed by atoms with Crippen LogP contribution in [-0.2, 0) is 0 Å². The van der Waals surface area contributed by atoms with E-state index in [2.05, 4.69) is 11.8 Å². The zero-order valence-electron chi connectivity index (χ0n) is 6.87. The molecule has 0 aliphatic rings. The molecule has 0 aromatic heterocycles. The van der Waals surface area contributed by atoms with Gasteiger partial charge >= 0.3 is 0 Å². The number of hydrogen-bond acceptors (Lipinski definition) is 2. The second kappa shape index (κ2) is 4.74. The fraction of sp³-hybridized carbons (Fsp3) is 0.200. The molecule has 1 N–H and O–H groups in total. The van der Waals surface area contributed by atoms with E-state index in [1.807, 2.05) is 19.1 Å². The maximum Gasteiger partial charge on any atom is 0.115 e. The first-order valence-corrected chi connectivity index (χ1v) is 4.63. The molecule has 0 heterocycles. The molecule has 0 bridgehead atoms. The Hall–Kier alpha value is -1.07. The van der Waals surface area contributed by atoms with Crippen molar-refractivity contribution in [1.29, 1.82) is 0 Å². The molecule has 0 radical (unpaired) electrons. The summed E-state index contributed by atoms with van der Waals surface area (Å²) in [6.07, 6.45) is 0. The van der Waals surface area contributed by atoms with E-state index in [4.69, 9.17) is 5.11 Å². The van der Waals surface area contributed by atoms with Gasteiger partial charge in [-0.25, -0.2) is 0 Å². The highest BCUT2D eigenvalue weighted by Gasteiger charge is 1.91. The van der Waals surface area contributed by atoms with E-state index in [9.17, 15) is 0 Å². The van der Waals surface area contributed by atoms with Gasteiger partial charge in [0.1, 0.15) is 5.75 Å². The highest BCUT2D eigenvalue weighted by atomic mass is 32.2. The molecule has 0 amide bonds. The van der Waals surface area contributed by atoms with Gasteiger partial charge in [-0.3, -0.25) is 0 Å². The van der Waals surface area contributed by atoms with Crippen molar-refractivity contribution in [2.24, 2.45) is 0 Å². The van der Waals surface area contributed by atoms with Crippen molar-refractivity contribution in [3.63, 3.8) is 0 Å². The van der Waals surface area contributed by atoms with Crippen molar-refractivity contribution in [1.82, 2.24) is 0 Å². The number of thioether (sulfide) groups is 1. The van der Waals surface area contributed by atoms with Crippen LogP contribution in [0.5, 0.6) is 5.75 Å². The van der Waals surface area contributed by atoms with Crippen molar-refractivity contribution in [3.8, 4) is 17.6 Å². The highest BCUT2D eigenvalue weighted by Crippen LogP contribution is 2.19. The van der Waals surface area contributed by atoms with Crippen LogP contribution >= 0.6 is 11.8 Å². The summed E-state index contributed by atoms with van der Waals surface area (Å²) in [5, 5.41) is 8.99. The van der Waals surface area contributed by atoms with Crippen LogP contribution in [0, 0.1) is 11.8 Å². The molecule has 62 valence electrons. The van der Waals surface area contributed by atoms with Crippen molar-refractivity contribution in [2.75, 3.05) is 5.75 Å². The number of hydrogen-bond donors (Lipinski definition) is 1.